The molecule has 0 spiro atoms. The predicted octanol–water partition coefficient (Wildman–Crippen LogP) is -2.82. The van der Waals surface area contributed by atoms with Crippen molar-refractivity contribution in [1.29, 1.82) is 0 Å². The van der Waals surface area contributed by atoms with E-state index in [0.29, 0.717) is 5.88 Å². The van der Waals surface area contributed by atoms with Crippen LogP contribution in [0.4, 0.5) is 0 Å². The second kappa shape index (κ2) is 5.01. The van der Waals surface area contributed by atoms with Crippen LogP contribution in [0.2, 0.25) is 0 Å². The number of allylic oxidation sites excluding steroid dienone is 1. The van der Waals surface area contributed by atoms with Crippen LogP contribution in [0.5, 0.6) is 0 Å². The summed E-state index contributed by atoms with van der Waals surface area (Å²) in [6.07, 6.45) is 3.75. The summed E-state index contributed by atoms with van der Waals surface area (Å²) in [6, 6.07) is 0. The molecule has 1 aliphatic rings. The van der Waals surface area contributed by atoms with Crippen molar-refractivity contribution in [3.63, 3.8) is 0 Å². The van der Waals surface area contributed by atoms with Crippen LogP contribution in [0.3, 0.4) is 0 Å². The maximum Gasteiger partial charge on any atom is 1.00 e. The molecule has 1 heterocycles. The Kier molecular flexibility index (Phi) is 5.15. The average Bonchev–Trinajstić information content (AvgIpc) is 1.89. The summed E-state index contributed by atoms with van der Waals surface area (Å²) in [5.41, 5.74) is 0. The number of rotatable bonds is 1. The molecule has 4 heteroatoms. The first-order valence-electron chi connectivity index (χ1n) is 3.07. The molecule has 0 atom stereocenters. The Morgan fingerprint density at radius 3 is 2.80 bits per heavy atom. The minimum Gasteiger partial charge on any atom is -0.861 e. The fraction of sp³-hybridized carbons (Fsp3) is 0.667. The Hall–Kier alpha value is 0.287. The van der Waals surface area contributed by atoms with Gasteiger partial charge in [0.05, 0.1) is 5.88 Å². The van der Waals surface area contributed by atoms with E-state index < -0.39 is 0 Å². The molecule has 0 amide bonds. The zero-order valence-corrected chi connectivity index (χ0v) is 7.10. The molecule has 1 rings (SSSR count). The quantitative estimate of drug-likeness (QED) is 0.323. The fourth-order valence-corrected chi connectivity index (χ4v) is 1.17. The number of nitrogens with zero attached hydrogens (tertiary/aromatic N) is 1. The minimum absolute atomic E-state index is 0. The molecule has 52 valence electrons. The van der Waals surface area contributed by atoms with Gasteiger partial charge in [-0.1, -0.05) is 6.08 Å². The Morgan fingerprint density at radius 2 is 2.40 bits per heavy atom. The number of hydrogen-bond donors (Lipinski definition) is 1. The summed E-state index contributed by atoms with van der Waals surface area (Å²) in [5, 5.41) is 10.8. The van der Waals surface area contributed by atoms with Gasteiger partial charge in [-0.3, -0.25) is 0 Å². The van der Waals surface area contributed by atoms with Crippen molar-refractivity contribution >= 4 is 12.6 Å². The maximum atomic E-state index is 10.8. The van der Waals surface area contributed by atoms with Gasteiger partial charge >= 0.3 is 18.9 Å². The van der Waals surface area contributed by atoms with Crippen LogP contribution in [-0.2, 0) is 0 Å². The van der Waals surface area contributed by atoms with E-state index in [1.807, 2.05) is 0 Å². The molecule has 0 saturated heterocycles. The summed E-state index contributed by atoms with van der Waals surface area (Å²) in [7, 11) is 0. The first-order valence-corrected chi connectivity index (χ1v) is 3.71. The smallest absolute Gasteiger partial charge is 0.861 e. The molecule has 2 nitrogen and oxygen atoms in total. The third kappa shape index (κ3) is 2.49. The minimum atomic E-state index is 0. The molecule has 0 radical (unpaired) electrons. The van der Waals surface area contributed by atoms with Gasteiger partial charge in [-0.2, -0.15) is 12.6 Å². The van der Waals surface area contributed by atoms with E-state index >= 15 is 0 Å². The molecule has 0 unspecified atom stereocenters. The van der Waals surface area contributed by atoms with Gasteiger partial charge in [0, 0.05) is 6.54 Å². The molecule has 1 aliphatic heterocycles. The van der Waals surface area contributed by atoms with Gasteiger partial charge in [-0.15, -0.1) is 0 Å². The zero-order chi connectivity index (χ0) is 6.69. The fourth-order valence-electron chi connectivity index (χ4n) is 0.887. The normalized spacial score (nSPS) is 17.7. The Balaban J connectivity index is 0.000000810. The van der Waals surface area contributed by atoms with Crippen molar-refractivity contribution in [2.45, 2.75) is 12.8 Å². The van der Waals surface area contributed by atoms with E-state index in [1.165, 1.54) is 0 Å². The third-order valence-electron chi connectivity index (χ3n) is 1.43. The van der Waals surface area contributed by atoms with E-state index in [4.69, 9.17) is 0 Å². The van der Waals surface area contributed by atoms with Gasteiger partial charge in [0.2, 0.25) is 0 Å². The molecule has 0 fully saturated rings. The molecule has 0 aromatic rings. The summed E-state index contributed by atoms with van der Waals surface area (Å²) in [6.45, 7) is 0.874. The van der Waals surface area contributed by atoms with Crippen molar-refractivity contribution in [3.05, 3.63) is 12.0 Å². The summed E-state index contributed by atoms with van der Waals surface area (Å²) in [5.74, 6) is 0.686. The maximum absolute atomic E-state index is 10.8. The zero-order valence-electron chi connectivity index (χ0n) is 6.21. The first kappa shape index (κ1) is 10.3. The number of hydrogen-bond acceptors (Lipinski definition) is 3. The van der Waals surface area contributed by atoms with Crippen molar-refractivity contribution in [3.8, 4) is 0 Å². The third-order valence-corrected chi connectivity index (χ3v) is 1.77. The van der Waals surface area contributed by atoms with Crippen molar-refractivity contribution < 1.29 is 24.0 Å². The van der Waals surface area contributed by atoms with Crippen LogP contribution in [0.1, 0.15) is 12.8 Å². The van der Waals surface area contributed by atoms with E-state index in [9.17, 15) is 5.11 Å². The first-order chi connectivity index (χ1) is 4.34. The molecule has 0 aromatic heterocycles. The van der Waals surface area contributed by atoms with Crippen LogP contribution in [0, 0.1) is 0 Å². The largest absolute Gasteiger partial charge is 1.00 e. The van der Waals surface area contributed by atoms with Gasteiger partial charge in [-0.25, -0.2) is 0 Å². The molecule has 0 aliphatic carbocycles. The van der Waals surface area contributed by atoms with Gasteiger partial charge in [-0.05, 0) is 18.7 Å². The van der Waals surface area contributed by atoms with E-state index in [-0.39, 0.29) is 24.7 Å². The van der Waals surface area contributed by atoms with E-state index in [0.717, 1.165) is 19.4 Å². The van der Waals surface area contributed by atoms with Crippen LogP contribution >= 0.6 is 12.6 Å². The van der Waals surface area contributed by atoms with Gasteiger partial charge in [0.25, 0.3) is 0 Å². The Morgan fingerprint density at radius 1 is 1.70 bits per heavy atom. The topological polar surface area (TPSA) is 26.3 Å². The van der Waals surface area contributed by atoms with Gasteiger partial charge < -0.3 is 10.0 Å². The van der Waals surface area contributed by atoms with Gasteiger partial charge in [0.1, 0.15) is 0 Å². The summed E-state index contributed by atoms with van der Waals surface area (Å²) >= 11 is 4.01. The van der Waals surface area contributed by atoms with Gasteiger partial charge in [0.15, 0.2) is 0 Å². The molecular formula is C6H10LiNOS. The van der Waals surface area contributed by atoms with Crippen LogP contribution in [0.25, 0.3) is 0 Å². The van der Waals surface area contributed by atoms with Crippen molar-refractivity contribution in [1.82, 2.24) is 4.90 Å². The molecule has 10 heavy (non-hydrogen) atoms. The molecular weight excluding hydrogens is 141 g/mol. The summed E-state index contributed by atoms with van der Waals surface area (Å²) in [4.78, 5) is 1.73. The van der Waals surface area contributed by atoms with Crippen LogP contribution in [0.15, 0.2) is 12.0 Å². The van der Waals surface area contributed by atoms with Crippen LogP contribution < -0.4 is 24.0 Å². The average molecular weight is 151 g/mol. The monoisotopic (exact) mass is 151 g/mol. The Bertz CT molecular complexity index is 129. The predicted molar refractivity (Wildman–Crippen MR) is 37.9 cm³/mol. The Labute approximate surface area is 78.9 Å². The summed E-state index contributed by atoms with van der Waals surface area (Å²) < 4.78 is 0. The van der Waals surface area contributed by atoms with Crippen molar-refractivity contribution in [2.75, 3.05) is 12.4 Å². The van der Waals surface area contributed by atoms with E-state index in [2.05, 4.69) is 12.6 Å². The van der Waals surface area contributed by atoms with E-state index in [1.54, 1.807) is 11.0 Å². The van der Waals surface area contributed by atoms with Crippen LogP contribution in [-0.4, -0.2) is 17.3 Å². The van der Waals surface area contributed by atoms with Crippen molar-refractivity contribution in [2.24, 2.45) is 0 Å². The molecule has 0 N–H and O–H groups in total. The second-order valence-electron chi connectivity index (χ2n) is 2.09. The molecule has 0 aromatic carbocycles. The number of thiol groups is 1. The molecule has 0 saturated carbocycles. The second-order valence-corrected chi connectivity index (χ2v) is 2.37. The standard InChI is InChI=1S/C6H11NOS.Li/c8-6-3-1-2-4-7(6)5-9;/h3,8-9H,1-2,4-5H2;/q;+1/p-1. The molecule has 0 bridgehead atoms. The SMILES string of the molecule is [Li+].[O-]C1=CCCCN1CS.